The molecule has 0 saturated heterocycles. The van der Waals surface area contributed by atoms with Crippen LogP contribution < -0.4 is 5.73 Å². The van der Waals surface area contributed by atoms with Gasteiger partial charge in [0.2, 0.25) is 0 Å². The van der Waals surface area contributed by atoms with Gasteiger partial charge in [0, 0.05) is 10.9 Å². The molecule has 88 valence electrons. The average molecular weight is 255 g/mol. The highest BCUT2D eigenvalue weighted by Gasteiger charge is 2.08. The summed E-state index contributed by atoms with van der Waals surface area (Å²) in [4.78, 5) is 4.09. The van der Waals surface area contributed by atoms with Crippen LogP contribution in [0.5, 0.6) is 5.75 Å². The van der Waals surface area contributed by atoms with Crippen LogP contribution in [-0.2, 0) is 0 Å². The third-order valence-electron chi connectivity index (χ3n) is 2.47. The van der Waals surface area contributed by atoms with Crippen LogP contribution in [0.25, 0.3) is 17.0 Å². The molecule has 1 aromatic carbocycles. The van der Waals surface area contributed by atoms with Gasteiger partial charge in [0.15, 0.2) is 0 Å². The zero-order chi connectivity index (χ0) is 13.1. The fourth-order valence-electron chi connectivity index (χ4n) is 1.61. The molecular formula is C13H9N3OS. The summed E-state index contributed by atoms with van der Waals surface area (Å²) in [6, 6.07) is 9.20. The van der Waals surface area contributed by atoms with Crippen LogP contribution in [-0.4, -0.2) is 15.1 Å². The van der Waals surface area contributed by atoms with Gasteiger partial charge >= 0.3 is 0 Å². The van der Waals surface area contributed by atoms with Crippen molar-refractivity contribution in [2.75, 3.05) is 0 Å². The van der Waals surface area contributed by atoms with Gasteiger partial charge in [-0.1, -0.05) is 30.4 Å². The smallest absolute Gasteiger partial charge is 0.141 e. The number of aromatic nitrogens is 1. The third kappa shape index (κ3) is 2.14. The Morgan fingerprint density at radius 3 is 2.83 bits per heavy atom. The van der Waals surface area contributed by atoms with Gasteiger partial charge < -0.3 is 10.8 Å². The summed E-state index contributed by atoms with van der Waals surface area (Å²) >= 11 is 4.77. The Morgan fingerprint density at radius 1 is 1.44 bits per heavy atom. The second kappa shape index (κ2) is 4.82. The number of benzene rings is 1. The monoisotopic (exact) mass is 255 g/mol. The molecule has 0 fully saturated rings. The molecule has 0 atom stereocenters. The van der Waals surface area contributed by atoms with Crippen LogP contribution >= 0.6 is 12.2 Å². The Kier molecular flexibility index (Phi) is 3.22. The van der Waals surface area contributed by atoms with Gasteiger partial charge in [0.25, 0.3) is 0 Å². The largest absolute Gasteiger partial charge is 0.506 e. The fraction of sp³-hybridized carbons (Fsp3) is 0. The van der Waals surface area contributed by atoms with E-state index in [0.29, 0.717) is 5.56 Å². The van der Waals surface area contributed by atoms with Crippen molar-refractivity contribution in [3.8, 4) is 11.8 Å². The molecule has 0 bridgehead atoms. The van der Waals surface area contributed by atoms with E-state index in [1.54, 1.807) is 0 Å². The molecule has 18 heavy (non-hydrogen) atoms. The molecule has 4 nitrogen and oxygen atoms in total. The molecule has 0 aliphatic heterocycles. The molecule has 2 rings (SSSR count). The van der Waals surface area contributed by atoms with Crippen LogP contribution in [0.3, 0.4) is 0 Å². The SMILES string of the molecule is N#CC(=Cc1c(O)cnc2ccccc12)C(N)=S. The van der Waals surface area contributed by atoms with Crippen LogP contribution in [0, 0.1) is 11.3 Å². The summed E-state index contributed by atoms with van der Waals surface area (Å²) < 4.78 is 0. The Labute approximate surface area is 109 Å². The highest BCUT2D eigenvalue weighted by atomic mass is 32.1. The second-order valence-electron chi connectivity index (χ2n) is 3.61. The number of rotatable bonds is 2. The summed E-state index contributed by atoms with van der Waals surface area (Å²) in [7, 11) is 0. The molecule has 0 aliphatic rings. The van der Waals surface area contributed by atoms with Crippen LogP contribution in [0.4, 0.5) is 0 Å². The van der Waals surface area contributed by atoms with Gasteiger partial charge in [0.05, 0.1) is 17.3 Å². The number of hydrogen-bond donors (Lipinski definition) is 2. The zero-order valence-corrected chi connectivity index (χ0v) is 10.1. The minimum absolute atomic E-state index is 0.00204. The van der Waals surface area contributed by atoms with Gasteiger partial charge in [-0.2, -0.15) is 5.26 Å². The Bertz CT molecular complexity index is 701. The van der Waals surface area contributed by atoms with Crippen LogP contribution in [0.1, 0.15) is 5.56 Å². The molecule has 2 aromatic rings. The Hall–Kier alpha value is -2.45. The van der Waals surface area contributed by atoms with E-state index in [-0.39, 0.29) is 16.3 Å². The summed E-state index contributed by atoms with van der Waals surface area (Å²) in [5, 5.41) is 19.5. The summed E-state index contributed by atoms with van der Waals surface area (Å²) in [5.41, 5.74) is 6.80. The lowest BCUT2D eigenvalue weighted by molar-refractivity contribution is 0.472. The molecule has 0 saturated carbocycles. The van der Waals surface area contributed by atoms with Crippen molar-refractivity contribution in [1.82, 2.24) is 4.98 Å². The normalized spacial score (nSPS) is 11.2. The van der Waals surface area contributed by atoms with E-state index in [1.807, 2.05) is 30.3 Å². The summed E-state index contributed by atoms with van der Waals surface area (Å²) in [5.74, 6) is -0.0160. The fourth-order valence-corrected chi connectivity index (χ4v) is 1.71. The Balaban J connectivity index is 2.75. The first-order chi connectivity index (χ1) is 8.63. The van der Waals surface area contributed by atoms with E-state index in [9.17, 15) is 5.11 Å². The number of thiocarbonyl (C=S) groups is 1. The van der Waals surface area contributed by atoms with Crippen molar-refractivity contribution in [1.29, 1.82) is 5.26 Å². The number of pyridine rings is 1. The summed E-state index contributed by atoms with van der Waals surface area (Å²) in [6.45, 7) is 0. The molecule has 3 N–H and O–H groups in total. The average Bonchev–Trinajstić information content (AvgIpc) is 2.37. The number of fused-ring (bicyclic) bond motifs is 1. The third-order valence-corrected chi connectivity index (χ3v) is 2.69. The topological polar surface area (TPSA) is 82.9 Å². The first kappa shape index (κ1) is 12.0. The maximum absolute atomic E-state index is 9.83. The van der Waals surface area contributed by atoms with E-state index in [0.717, 1.165) is 10.9 Å². The van der Waals surface area contributed by atoms with E-state index in [2.05, 4.69) is 4.98 Å². The molecule has 0 spiro atoms. The standard InChI is InChI=1S/C13H9N3OS/c14-6-8(13(15)18)5-10-9-3-1-2-4-11(9)16-7-12(10)17/h1-5,7,17H,(H2,15,18). The van der Waals surface area contributed by atoms with E-state index >= 15 is 0 Å². The van der Waals surface area contributed by atoms with Crippen molar-refractivity contribution >= 4 is 34.2 Å². The van der Waals surface area contributed by atoms with Gasteiger partial charge in [-0.05, 0) is 12.1 Å². The number of nitriles is 1. The molecule has 1 heterocycles. The van der Waals surface area contributed by atoms with Crippen LogP contribution in [0.2, 0.25) is 0 Å². The van der Waals surface area contributed by atoms with Gasteiger partial charge in [0.1, 0.15) is 16.8 Å². The van der Waals surface area contributed by atoms with Gasteiger partial charge in [-0.25, -0.2) is 0 Å². The number of nitrogens with zero attached hydrogens (tertiary/aromatic N) is 2. The molecule has 0 amide bonds. The van der Waals surface area contributed by atoms with Gasteiger partial charge in [-0.15, -0.1) is 0 Å². The van der Waals surface area contributed by atoms with Gasteiger partial charge in [-0.3, -0.25) is 4.98 Å². The Morgan fingerprint density at radius 2 is 2.17 bits per heavy atom. The predicted molar refractivity (Wildman–Crippen MR) is 73.8 cm³/mol. The van der Waals surface area contributed by atoms with Crippen molar-refractivity contribution in [3.63, 3.8) is 0 Å². The van der Waals surface area contributed by atoms with E-state index in [4.69, 9.17) is 23.2 Å². The van der Waals surface area contributed by atoms with Crippen molar-refractivity contribution in [3.05, 3.63) is 41.6 Å². The maximum Gasteiger partial charge on any atom is 0.141 e. The maximum atomic E-state index is 9.83. The quantitative estimate of drug-likeness (QED) is 0.488. The predicted octanol–water partition coefficient (Wildman–Crippen LogP) is 2.13. The van der Waals surface area contributed by atoms with Crippen molar-refractivity contribution in [2.24, 2.45) is 5.73 Å². The molecule has 0 radical (unpaired) electrons. The lowest BCUT2D eigenvalue weighted by atomic mass is 10.1. The minimum atomic E-state index is -0.0160. The summed E-state index contributed by atoms with van der Waals surface area (Å²) in [6.07, 6.45) is 2.81. The molecule has 1 aromatic heterocycles. The number of aromatic hydroxyl groups is 1. The molecule has 0 aliphatic carbocycles. The number of hydrogen-bond acceptors (Lipinski definition) is 4. The number of nitrogens with two attached hydrogens (primary N) is 1. The zero-order valence-electron chi connectivity index (χ0n) is 9.29. The van der Waals surface area contributed by atoms with E-state index in [1.165, 1.54) is 12.3 Å². The minimum Gasteiger partial charge on any atom is -0.506 e. The molecular weight excluding hydrogens is 246 g/mol. The number of para-hydroxylation sites is 1. The second-order valence-corrected chi connectivity index (χ2v) is 4.05. The first-order valence-corrected chi connectivity index (χ1v) is 5.52. The highest BCUT2D eigenvalue weighted by molar-refractivity contribution is 7.80. The molecule has 5 heteroatoms. The lowest BCUT2D eigenvalue weighted by Crippen LogP contribution is -2.09. The van der Waals surface area contributed by atoms with Crippen molar-refractivity contribution < 1.29 is 5.11 Å². The lowest BCUT2D eigenvalue weighted by Gasteiger charge is -2.05. The van der Waals surface area contributed by atoms with E-state index < -0.39 is 0 Å². The van der Waals surface area contributed by atoms with Crippen LogP contribution in [0.15, 0.2) is 36.0 Å². The highest BCUT2D eigenvalue weighted by Crippen LogP contribution is 2.27. The first-order valence-electron chi connectivity index (χ1n) is 5.12. The van der Waals surface area contributed by atoms with Crippen molar-refractivity contribution in [2.45, 2.75) is 0 Å². The molecule has 0 unspecified atom stereocenters.